The van der Waals surface area contributed by atoms with Crippen LogP contribution in [0.15, 0.2) is 5.11 Å². The monoisotopic (exact) mass is 196 g/mol. The molecule has 2 atom stereocenters. The molecular weight excluding hydrogens is 180 g/mol. The van der Waals surface area contributed by atoms with Crippen LogP contribution in [0.25, 0.3) is 0 Å². The third kappa shape index (κ3) is 1.42. The third-order valence-electron chi connectivity index (χ3n) is 3.91. The highest BCUT2D eigenvalue weighted by Gasteiger charge is 2.49. The molecule has 4 heteroatoms. The lowest BCUT2D eigenvalue weighted by atomic mass is 9.84. The molecule has 2 rings (SSSR count). The van der Waals surface area contributed by atoms with Crippen LogP contribution in [0.5, 0.6) is 0 Å². The van der Waals surface area contributed by atoms with Crippen LogP contribution in [0.1, 0.15) is 38.5 Å². The van der Waals surface area contributed by atoms with E-state index < -0.39 is 11.9 Å². The number of carboxylic acid groups (broad SMARTS) is 1. The fourth-order valence-corrected chi connectivity index (χ4v) is 3.19. The predicted molar refractivity (Wildman–Crippen MR) is 50.2 cm³/mol. The van der Waals surface area contributed by atoms with Gasteiger partial charge in [0.2, 0.25) is 0 Å². The van der Waals surface area contributed by atoms with Crippen molar-refractivity contribution in [1.82, 2.24) is 0 Å². The highest BCUT2D eigenvalue weighted by Crippen LogP contribution is 2.53. The molecule has 14 heavy (non-hydrogen) atoms. The second kappa shape index (κ2) is 3.33. The molecule has 0 radical (unpaired) electrons. The van der Waals surface area contributed by atoms with Crippen LogP contribution in [0.2, 0.25) is 0 Å². The van der Waals surface area contributed by atoms with E-state index in [0.29, 0.717) is 0 Å². The fourth-order valence-electron chi connectivity index (χ4n) is 3.19. The quantitative estimate of drug-likeness (QED) is 0.665. The molecule has 1 spiro atoms. The second-order valence-electron chi connectivity index (χ2n) is 4.76. The maximum Gasteiger partial charge on any atom is 0.308 e. The van der Waals surface area contributed by atoms with Crippen molar-refractivity contribution in [3.63, 3.8) is 0 Å². The first-order valence-electron chi connectivity index (χ1n) is 5.26. The summed E-state index contributed by atoms with van der Waals surface area (Å²) in [4.78, 5) is 11.0. The number of carbonyl (C=O) groups is 1. The van der Waals surface area contributed by atoms with Gasteiger partial charge in [0.25, 0.3) is 0 Å². The summed E-state index contributed by atoms with van der Waals surface area (Å²) in [6.07, 6.45) is 6.29. The maximum absolute atomic E-state index is 11.0. The van der Waals surface area contributed by atoms with E-state index in [1.54, 1.807) is 0 Å². The summed E-state index contributed by atoms with van der Waals surface area (Å²) in [6, 6.07) is -0.259. The Hall–Kier alpha value is -0.930. The van der Waals surface area contributed by atoms with E-state index in [4.69, 9.17) is 10.6 Å². The van der Waals surface area contributed by atoms with Crippen LogP contribution in [-0.2, 0) is 4.79 Å². The van der Waals surface area contributed by atoms with Crippen LogP contribution < -0.4 is 0 Å². The van der Waals surface area contributed by atoms with Crippen molar-refractivity contribution in [1.29, 1.82) is 5.53 Å². The summed E-state index contributed by atoms with van der Waals surface area (Å²) in [6.45, 7) is 0. The Labute approximate surface area is 83.2 Å². The van der Waals surface area contributed by atoms with Crippen molar-refractivity contribution in [3.8, 4) is 0 Å². The minimum atomic E-state index is -0.769. The molecule has 2 saturated carbocycles. The lowest BCUT2D eigenvalue weighted by Gasteiger charge is -2.21. The summed E-state index contributed by atoms with van der Waals surface area (Å²) in [5, 5.41) is 12.5. The van der Waals surface area contributed by atoms with Gasteiger partial charge in [0.15, 0.2) is 0 Å². The van der Waals surface area contributed by atoms with Crippen molar-refractivity contribution in [2.45, 2.75) is 44.6 Å². The van der Waals surface area contributed by atoms with E-state index in [0.717, 1.165) is 25.7 Å². The van der Waals surface area contributed by atoms with Gasteiger partial charge >= 0.3 is 5.97 Å². The molecule has 2 aliphatic rings. The van der Waals surface area contributed by atoms with E-state index in [9.17, 15) is 4.79 Å². The number of hydrogen-bond donors (Lipinski definition) is 2. The summed E-state index contributed by atoms with van der Waals surface area (Å²) < 4.78 is 0. The van der Waals surface area contributed by atoms with E-state index in [1.807, 2.05) is 0 Å². The number of rotatable bonds is 2. The molecule has 2 fully saturated rings. The number of nitrogens with one attached hydrogen (secondary N) is 1. The first-order valence-corrected chi connectivity index (χ1v) is 5.26. The van der Waals surface area contributed by atoms with Crippen LogP contribution in [0.3, 0.4) is 0 Å². The Morgan fingerprint density at radius 2 is 2.00 bits per heavy atom. The summed E-state index contributed by atoms with van der Waals surface area (Å²) in [5.41, 5.74) is 7.25. The molecule has 2 N–H and O–H groups in total. The molecule has 78 valence electrons. The SMILES string of the molecule is N=NC1CC2(CCCC2)CC1C(=O)O. The van der Waals surface area contributed by atoms with Crippen molar-refractivity contribution in [3.05, 3.63) is 0 Å². The first-order chi connectivity index (χ1) is 6.67. The van der Waals surface area contributed by atoms with Crippen LogP contribution in [-0.4, -0.2) is 17.1 Å². The second-order valence-corrected chi connectivity index (χ2v) is 4.76. The van der Waals surface area contributed by atoms with Gasteiger partial charge in [-0.05, 0) is 31.1 Å². The van der Waals surface area contributed by atoms with Gasteiger partial charge in [-0.3, -0.25) is 4.79 Å². The molecular formula is C10H16N2O2. The minimum absolute atomic E-state index is 0.221. The number of carboxylic acids is 1. The Morgan fingerprint density at radius 3 is 2.43 bits per heavy atom. The highest BCUT2D eigenvalue weighted by molar-refractivity contribution is 5.71. The maximum atomic E-state index is 11.0. The molecule has 0 heterocycles. The van der Waals surface area contributed by atoms with Crippen LogP contribution in [0, 0.1) is 16.9 Å². The van der Waals surface area contributed by atoms with Crippen molar-refractivity contribution < 1.29 is 9.90 Å². The molecule has 0 bridgehead atoms. The zero-order valence-corrected chi connectivity index (χ0v) is 8.20. The first kappa shape index (κ1) is 9.62. The summed E-state index contributed by atoms with van der Waals surface area (Å²) in [7, 11) is 0. The lowest BCUT2D eigenvalue weighted by Crippen LogP contribution is -2.20. The van der Waals surface area contributed by atoms with Crippen molar-refractivity contribution in [2.24, 2.45) is 16.4 Å². The Bertz CT molecular complexity index is 259. The van der Waals surface area contributed by atoms with Gasteiger partial charge in [0.05, 0.1) is 12.0 Å². The molecule has 2 aliphatic carbocycles. The average molecular weight is 196 g/mol. The van der Waals surface area contributed by atoms with Gasteiger partial charge in [0.1, 0.15) is 0 Å². The number of aliphatic carboxylic acids is 1. The van der Waals surface area contributed by atoms with Gasteiger partial charge < -0.3 is 5.11 Å². The van der Waals surface area contributed by atoms with Gasteiger partial charge in [-0.15, -0.1) is 0 Å². The standard InChI is InChI=1S/C10H16N2O2/c11-12-8-6-10(3-1-2-4-10)5-7(8)9(13)14/h7-8,11H,1-6H2,(H,13,14). The van der Waals surface area contributed by atoms with Crippen molar-refractivity contribution in [2.75, 3.05) is 0 Å². The smallest absolute Gasteiger partial charge is 0.308 e. The minimum Gasteiger partial charge on any atom is -0.481 e. The normalized spacial score (nSPS) is 34.9. The van der Waals surface area contributed by atoms with Crippen LogP contribution in [0.4, 0.5) is 0 Å². The molecule has 2 unspecified atom stereocenters. The fraction of sp³-hybridized carbons (Fsp3) is 0.900. The van der Waals surface area contributed by atoms with E-state index >= 15 is 0 Å². The number of hydrogen-bond acceptors (Lipinski definition) is 3. The van der Waals surface area contributed by atoms with Gasteiger partial charge in [-0.2, -0.15) is 5.11 Å². The molecule has 0 amide bonds. The van der Waals surface area contributed by atoms with E-state index in [2.05, 4.69) is 5.11 Å². The Kier molecular flexibility index (Phi) is 2.29. The van der Waals surface area contributed by atoms with Gasteiger partial charge in [0, 0.05) is 0 Å². The number of nitrogens with zero attached hydrogens (tertiary/aromatic N) is 1. The van der Waals surface area contributed by atoms with E-state index in [-0.39, 0.29) is 11.5 Å². The van der Waals surface area contributed by atoms with Crippen LogP contribution >= 0.6 is 0 Å². The molecule has 4 nitrogen and oxygen atoms in total. The third-order valence-corrected chi connectivity index (χ3v) is 3.91. The lowest BCUT2D eigenvalue weighted by molar-refractivity contribution is -0.142. The van der Waals surface area contributed by atoms with Gasteiger partial charge in [-0.1, -0.05) is 12.8 Å². The molecule has 0 aromatic rings. The predicted octanol–water partition coefficient (Wildman–Crippen LogP) is 2.44. The highest BCUT2D eigenvalue weighted by atomic mass is 16.4. The average Bonchev–Trinajstić information content (AvgIpc) is 2.74. The molecule has 0 aromatic carbocycles. The Balaban J connectivity index is 2.14. The topological polar surface area (TPSA) is 73.5 Å². The molecule has 0 aromatic heterocycles. The van der Waals surface area contributed by atoms with Crippen molar-refractivity contribution >= 4 is 5.97 Å². The van der Waals surface area contributed by atoms with Gasteiger partial charge in [-0.25, -0.2) is 5.53 Å². The Morgan fingerprint density at radius 1 is 1.36 bits per heavy atom. The van der Waals surface area contributed by atoms with E-state index in [1.165, 1.54) is 12.8 Å². The molecule has 0 saturated heterocycles. The largest absolute Gasteiger partial charge is 0.481 e. The summed E-state index contributed by atoms with van der Waals surface area (Å²) in [5.74, 6) is -1.17. The zero-order valence-electron chi connectivity index (χ0n) is 8.20. The summed E-state index contributed by atoms with van der Waals surface area (Å²) >= 11 is 0. The zero-order chi connectivity index (χ0) is 10.2. The molecule has 0 aliphatic heterocycles.